The summed E-state index contributed by atoms with van der Waals surface area (Å²) >= 11 is 0. The molecule has 0 aliphatic rings. The van der Waals surface area contributed by atoms with E-state index < -0.39 is 0 Å². The second-order valence-electron chi connectivity index (χ2n) is 6.62. The van der Waals surface area contributed by atoms with Crippen LogP contribution in [0.3, 0.4) is 0 Å². The largest absolute Gasteiger partial charge is 0.375 e. The van der Waals surface area contributed by atoms with Crippen molar-refractivity contribution in [1.82, 2.24) is 10.2 Å². The van der Waals surface area contributed by atoms with Crippen LogP contribution >= 0.6 is 0 Å². The normalized spacial score (nSPS) is 10.7. The molecule has 0 atom stereocenters. The van der Waals surface area contributed by atoms with Crippen LogP contribution in [-0.2, 0) is 11.3 Å². The number of likely N-dealkylation sites (N-methyl/N-ethyl adjacent to an activating group) is 1. The molecule has 1 amide bonds. The lowest BCUT2D eigenvalue weighted by Gasteiger charge is -2.20. The number of hydrogen-bond acceptors (Lipinski definition) is 3. The van der Waals surface area contributed by atoms with Gasteiger partial charge in [0.1, 0.15) is 0 Å². The van der Waals surface area contributed by atoms with E-state index in [9.17, 15) is 4.79 Å². The summed E-state index contributed by atoms with van der Waals surface area (Å²) in [6.07, 6.45) is 0.929. The maximum absolute atomic E-state index is 12.0. The van der Waals surface area contributed by atoms with Crippen LogP contribution in [0.5, 0.6) is 0 Å². The number of benzene rings is 2. The molecule has 2 aromatic carbocycles. The van der Waals surface area contributed by atoms with Crippen LogP contribution in [0, 0.1) is 6.92 Å². The third-order valence-corrected chi connectivity index (χ3v) is 4.18. The summed E-state index contributed by atoms with van der Waals surface area (Å²) in [6, 6.07) is 18.7. The number of para-hydroxylation sites is 1. The molecule has 134 valence electrons. The van der Waals surface area contributed by atoms with Gasteiger partial charge in [-0.2, -0.15) is 0 Å². The van der Waals surface area contributed by atoms with Crippen molar-refractivity contribution < 1.29 is 4.79 Å². The van der Waals surface area contributed by atoms with Crippen LogP contribution in [-0.4, -0.2) is 44.5 Å². The van der Waals surface area contributed by atoms with Crippen molar-refractivity contribution in [3.63, 3.8) is 0 Å². The molecule has 0 saturated heterocycles. The number of carbonyl (C=O) groups excluding carboxylic acids is 1. The molecule has 0 radical (unpaired) electrons. The van der Waals surface area contributed by atoms with Gasteiger partial charge < -0.3 is 10.2 Å². The van der Waals surface area contributed by atoms with Crippen molar-refractivity contribution in [2.24, 2.45) is 0 Å². The molecular weight excluding hydrogens is 310 g/mol. The highest BCUT2D eigenvalue weighted by Gasteiger charge is 2.07. The Morgan fingerprint density at radius 1 is 1.00 bits per heavy atom. The van der Waals surface area contributed by atoms with Gasteiger partial charge in [0.05, 0.1) is 6.54 Å². The number of amides is 1. The van der Waals surface area contributed by atoms with Gasteiger partial charge in [-0.25, -0.2) is 0 Å². The summed E-state index contributed by atoms with van der Waals surface area (Å²) in [7, 11) is 4.05. The van der Waals surface area contributed by atoms with Gasteiger partial charge in [-0.1, -0.05) is 48.0 Å². The summed E-state index contributed by atoms with van der Waals surface area (Å²) in [5.41, 5.74) is 3.68. The van der Waals surface area contributed by atoms with Crippen LogP contribution in [0.15, 0.2) is 54.6 Å². The van der Waals surface area contributed by atoms with E-state index >= 15 is 0 Å². The zero-order chi connectivity index (χ0) is 18.1. The lowest BCUT2D eigenvalue weighted by atomic mass is 10.1. The Morgan fingerprint density at radius 2 is 1.68 bits per heavy atom. The standard InChI is InChI=1S/C21H29N3O/c1-18-10-12-19(13-11-18)16-23(2)17-21(25)22-14-7-15-24(3)20-8-5-4-6-9-20/h4-6,8-13H,7,14-17H2,1-3H3,(H,22,25). The highest BCUT2D eigenvalue weighted by molar-refractivity contribution is 5.77. The van der Waals surface area contributed by atoms with E-state index in [0.29, 0.717) is 13.1 Å². The van der Waals surface area contributed by atoms with Crippen molar-refractivity contribution in [3.05, 3.63) is 65.7 Å². The van der Waals surface area contributed by atoms with Crippen molar-refractivity contribution in [3.8, 4) is 0 Å². The van der Waals surface area contributed by atoms with Crippen molar-refractivity contribution >= 4 is 11.6 Å². The van der Waals surface area contributed by atoms with Crippen molar-refractivity contribution in [2.75, 3.05) is 38.6 Å². The Bertz CT molecular complexity index is 640. The predicted molar refractivity (Wildman–Crippen MR) is 105 cm³/mol. The smallest absolute Gasteiger partial charge is 0.234 e. The van der Waals surface area contributed by atoms with E-state index in [1.165, 1.54) is 16.8 Å². The third-order valence-electron chi connectivity index (χ3n) is 4.18. The second kappa shape index (κ2) is 9.84. The molecule has 25 heavy (non-hydrogen) atoms. The van der Waals surface area contributed by atoms with E-state index in [1.807, 2.05) is 30.1 Å². The number of hydrogen-bond donors (Lipinski definition) is 1. The highest BCUT2D eigenvalue weighted by atomic mass is 16.2. The van der Waals surface area contributed by atoms with Gasteiger partial charge in [-0.15, -0.1) is 0 Å². The van der Waals surface area contributed by atoms with Crippen molar-refractivity contribution in [2.45, 2.75) is 19.9 Å². The monoisotopic (exact) mass is 339 g/mol. The summed E-state index contributed by atoms with van der Waals surface area (Å²) in [6.45, 7) is 4.90. The van der Waals surface area contributed by atoms with Gasteiger partial charge in [0.25, 0.3) is 0 Å². The van der Waals surface area contributed by atoms with Crippen LogP contribution in [0.25, 0.3) is 0 Å². The molecule has 0 unspecified atom stereocenters. The molecule has 2 rings (SSSR count). The number of anilines is 1. The van der Waals surface area contributed by atoms with E-state index in [4.69, 9.17) is 0 Å². The average Bonchev–Trinajstić information content (AvgIpc) is 2.61. The quantitative estimate of drug-likeness (QED) is 0.713. The molecule has 2 aromatic rings. The lowest BCUT2D eigenvalue weighted by Crippen LogP contribution is -2.36. The van der Waals surface area contributed by atoms with Gasteiger partial charge in [-0.05, 0) is 38.1 Å². The summed E-state index contributed by atoms with van der Waals surface area (Å²) < 4.78 is 0. The van der Waals surface area contributed by atoms with Crippen LogP contribution in [0.2, 0.25) is 0 Å². The van der Waals surface area contributed by atoms with Crippen molar-refractivity contribution in [1.29, 1.82) is 0 Å². The van der Waals surface area contributed by atoms with Gasteiger partial charge in [0.2, 0.25) is 5.91 Å². The van der Waals surface area contributed by atoms with E-state index in [-0.39, 0.29) is 5.91 Å². The maximum atomic E-state index is 12.0. The molecule has 0 spiro atoms. The first-order chi connectivity index (χ1) is 12.0. The Morgan fingerprint density at radius 3 is 2.36 bits per heavy atom. The van der Waals surface area contributed by atoms with Gasteiger partial charge in [0.15, 0.2) is 0 Å². The fourth-order valence-corrected chi connectivity index (χ4v) is 2.72. The zero-order valence-corrected chi connectivity index (χ0v) is 15.5. The Kier molecular flexibility index (Phi) is 7.48. The summed E-state index contributed by atoms with van der Waals surface area (Å²) in [4.78, 5) is 16.3. The Hall–Kier alpha value is -2.33. The predicted octanol–water partition coefficient (Wildman–Crippen LogP) is 3.07. The molecule has 0 heterocycles. The van der Waals surface area contributed by atoms with Crippen LogP contribution in [0.1, 0.15) is 17.5 Å². The highest BCUT2D eigenvalue weighted by Crippen LogP contribution is 2.10. The van der Waals surface area contributed by atoms with Gasteiger partial charge in [-0.3, -0.25) is 9.69 Å². The summed E-state index contributed by atoms with van der Waals surface area (Å²) in [5.74, 6) is 0.0805. The fourth-order valence-electron chi connectivity index (χ4n) is 2.72. The molecule has 1 N–H and O–H groups in total. The molecule has 4 nitrogen and oxygen atoms in total. The molecule has 0 fully saturated rings. The number of nitrogens with zero attached hydrogens (tertiary/aromatic N) is 2. The first-order valence-electron chi connectivity index (χ1n) is 8.81. The first-order valence-corrected chi connectivity index (χ1v) is 8.81. The third kappa shape index (κ3) is 6.98. The lowest BCUT2D eigenvalue weighted by molar-refractivity contribution is -0.122. The molecule has 4 heteroatoms. The molecular formula is C21H29N3O. The van der Waals surface area contributed by atoms with E-state index in [0.717, 1.165) is 19.5 Å². The molecule has 0 bridgehead atoms. The molecule has 0 aliphatic heterocycles. The number of carbonyl (C=O) groups is 1. The minimum Gasteiger partial charge on any atom is -0.375 e. The average molecular weight is 339 g/mol. The first kappa shape index (κ1) is 19.0. The SMILES string of the molecule is Cc1ccc(CN(C)CC(=O)NCCCN(C)c2ccccc2)cc1. The maximum Gasteiger partial charge on any atom is 0.234 e. The number of aryl methyl sites for hydroxylation is 1. The van der Waals surface area contributed by atoms with Gasteiger partial charge in [0, 0.05) is 32.4 Å². The minimum atomic E-state index is 0.0805. The Labute approximate surface area is 151 Å². The van der Waals surface area contributed by atoms with E-state index in [2.05, 4.69) is 60.6 Å². The molecule has 0 aromatic heterocycles. The zero-order valence-electron chi connectivity index (χ0n) is 15.5. The summed E-state index contributed by atoms with van der Waals surface area (Å²) in [5, 5.41) is 3.01. The van der Waals surface area contributed by atoms with Crippen LogP contribution < -0.4 is 10.2 Å². The van der Waals surface area contributed by atoms with E-state index in [1.54, 1.807) is 0 Å². The number of nitrogens with one attached hydrogen (secondary N) is 1. The molecule has 0 saturated carbocycles. The number of rotatable bonds is 9. The Balaban J connectivity index is 1.62. The van der Waals surface area contributed by atoms with Gasteiger partial charge >= 0.3 is 0 Å². The topological polar surface area (TPSA) is 35.6 Å². The minimum absolute atomic E-state index is 0.0805. The van der Waals surface area contributed by atoms with Crippen LogP contribution in [0.4, 0.5) is 5.69 Å². The second-order valence-corrected chi connectivity index (χ2v) is 6.62. The fraction of sp³-hybridized carbons (Fsp3) is 0.381. The molecule has 0 aliphatic carbocycles.